The van der Waals surface area contributed by atoms with Crippen LogP contribution in [0.5, 0.6) is 0 Å². The van der Waals surface area contributed by atoms with Gasteiger partial charge in [0.25, 0.3) is 0 Å². The van der Waals surface area contributed by atoms with E-state index in [-0.39, 0.29) is 11.8 Å². The summed E-state index contributed by atoms with van der Waals surface area (Å²) in [5, 5.41) is 14.4. The number of aliphatic carboxylic acids is 1. The van der Waals surface area contributed by atoms with Crippen LogP contribution in [0.25, 0.3) is 10.8 Å². The molecule has 0 aliphatic heterocycles. The summed E-state index contributed by atoms with van der Waals surface area (Å²) < 4.78 is 0. The molecule has 0 spiro atoms. The average molecular weight is 286 g/mol. The van der Waals surface area contributed by atoms with Gasteiger partial charge >= 0.3 is 5.97 Å². The van der Waals surface area contributed by atoms with E-state index in [1.165, 1.54) is 5.39 Å². The smallest absolute Gasteiger partial charge is 0.303 e. The summed E-state index contributed by atoms with van der Waals surface area (Å²) in [5.41, 5.74) is 0.00989. The number of hydrogen-bond acceptors (Lipinski definition) is 3. The van der Waals surface area contributed by atoms with E-state index in [9.17, 15) is 4.79 Å². The molecule has 2 N–H and O–H groups in total. The number of carboxylic acid groups (broad SMARTS) is 1. The molecule has 4 heteroatoms. The molecule has 0 saturated carbocycles. The van der Waals surface area contributed by atoms with Crippen molar-refractivity contribution in [1.82, 2.24) is 4.98 Å². The van der Waals surface area contributed by atoms with E-state index in [0.29, 0.717) is 6.42 Å². The first-order chi connectivity index (χ1) is 9.98. The van der Waals surface area contributed by atoms with Gasteiger partial charge in [-0.1, -0.05) is 38.1 Å². The summed E-state index contributed by atoms with van der Waals surface area (Å²) in [6, 6.07) is 10.1. The highest BCUT2D eigenvalue weighted by molar-refractivity contribution is 5.91. The molecule has 2 aromatic rings. The zero-order valence-corrected chi connectivity index (χ0v) is 12.6. The second-order valence-electron chi connectivity index (χ2n) is 6.12. The maximum Gasteiger partial charge on any atom is 0.303 e. The third-order valence-corrected chi connectivity index (χ3v) is 3.78. The number of benzene rings is 1. The van der Waals surface area contributed by atoms with Gasteiger partial charge in [-0.2, -0.15) is 0 Å². The second-order valence-corrected chi connectivity index (χ2v) is 6.12. The molecular formula is C17H22N2O2. The summed E-state index contributed by atoms with van der Waals surface area (Å²) in [6.07, 6.45) is 3.62. The maximum atomic E-state index is 10.7. The minimum Gasteiger partial charge on any atom is -0.481 e. The molecule has 4 nitrogen and oxygen atoms in total. The predicted molar refractivity (Wildman–Crippen MR) is 85.5 cm³/mol. The lowest BCUT2D eigenvalue weighted by atomic mass is 9.84. The number of nitrogens with zero attached hydrogens (tertiary/aromatic N) is 1. The van der Waals surface area contributed by atoms with Crippen molar-refractivity contribution in [1.29, 1.82) is 0 Å². The first kappa shape index (κ1) is 15.3. The fourth-order valence-corrected chi connectivity index (χ4v) is 2.35. The van der Waals surface area contributed by atoms with E-state index in [1.54, 1.807) is 6.20 Å². The molecule has 1 heterocycles. The van der Waals surface area contributed by atoms with E-state index >= 15 is 0 Å². The van der Waals surface area contributed by atoms with Crippen LogP contribution in [-0.2, 0) is 4.79 Å². The van der Waals surface area contributed by atoms with E-state index in [2.05, 4.69) is 36.3 Å². The van der Waals surface area contributed by atoms with Crippen LogP contribution in [-0.4, -0.2) is 22.6 Å². The molecule has 0 amide bonds. The van der Waals surface area contributed by atoms with Gasteiger partial charge in [-0.05, 0) is 29.7 Å². The van der Waals surface area contributed by atoms with Crippen molar-refractivity contribution in [3.8, 4) is 0 Å². The van der Waals surface area contributed by atoms with Crippen molar-refractivity contribution in [3.05, 3.63) is 36.5 Å². The fraction of sp³-hybridized carbons (Fsp3) is 0.412. The molecule has 0 aliphatic carbocycles. The number of fused-ring (bicyclic) bond motifs is 1. The summed E-state index contributed by atoms with van der Waals surface area (Å²) in [4.78, 5) is 15.1. The van der Waals surface area contributed by atoms with Crippen molar-refractivity contribution in [2.24, 2.45) is 5.41 Å². The van der Waals surface area contributed by atoms with Gasteiger partial charge in [0.2, 0.25) is 0 Å². The van der Waals surface area contributed by atoms with Crippen LogP contribution in [0.3, 0.4) is 0 Å². The van der Waals surface area contributed by atoms with Gasteiger partial charge in [0, 0.05) is 24.5 Å². The van der Waals surface area contributed by atoms with E-state index in [1.807, 2.05) is 18.2 Å². The average Bonchev–Trinajstić information content (AvgIpc) is 2.45. The first-order valence-electron chi connectivity index (χ1n) is 7.27. The summed E-state index contributed by atoms with van der Waals surface area (Å²) in [7, 11) is 0. The topological polar surface area (TPSA) is 62.2 Å². The molecule has 0 radical (unpaired) electrons. The van der Waals surface area contributed by atoms with Crippen LogP contribution < -0.4 is 5.32 Å². The van der Waals surface area contributed by atoms with Gasteiger partial charge in [0.15, 0.2) is 0 Å². The van der Waals surface area contributed by atoms with Gasteiger partial charge in [0.05, 0.1) is 0 Å². The van der Waals surface area contributed by atoms with Gasteiger partial charge in [-0.25, -0.2) is 4.98 Å². The molecular weight excluding hydrogens is 264 g/mol. The Hall–Kier alpha value is -2.10. The monoisotopic (exact) mass is 286 g/mol. The molecule has 0 bridgehead atoms. The van der Waals surface area contributed by atoms with Crippen LogP contribution in [0.2, 0.25) is 0 Å². The minimum atomic E-state index is -0.730. The van der Waals surface area contributed by atoms with Crippen LogP contribution in [0.4, 0.5) is 5.82 Å². The standard InChI is InChI=1S/C17H22N2O2/c1-17(2,9-7-15(20)21)10-12-19-16-14-6-4-3-5-13(14)8-11-18-16/h3-6,8,11H,7,9-10,12H2,1-2H3,(H,18,19)(H,20,21). The fourth-order valence-electron chi connectivity index (χ4n) is 2.35. The Bertz CT molecular complexity index is 618. The van der Waals surface area contributed by atoms with Crippen molar-refractivity contribution >= 4 is 22.6 Å². The van der Waals surface area contributed by atoms with Crippen LogP contribution in [0.1, 0.15) is 33.1 Å². The molecule has 1 aromatic carbocycles. The van der Waals surface area contributed by atoms with E-state index in [0.717, 1.165) is 24.2 Å². The Morgan fingerprint density at radius 1 is 1.24 bits per heavy atom. The SMILES string of the molecule is CC(C)(CCNc1nccc2ccccc12)CCC(=O)O. The normalized spacial score (nSPS) is 11.5. The summed E-state index contributed by atoms with van der Waals surface area (Å²) >= 11 is 0. The number of anilines is 1. The molecule has 2 rings (SSSR count). The maximum absolute atomic E-state index is 10.7. The number of hydrogen-bond donors (Lipinski definition) is 2. The quantitative estimate of drug-likeness (QED) is 0.809. The Morgan fingerprint density at radius 3 is 2.76 bits per heavy atom. The number of rotatable bonds is 7. The Morgan fingerprint density at radius 2 is 2.00 bits per heavy atom. The van der Waals surface area contributed by atoms with Gasteiger partial charge < -0.3 is 10.4 Å². The van der Waals surface area contributed by atoms with E-state index in [4.69, 9.17) is 5.11 Å². The van der Waals surface area contributed by atoms with Crippen molar-refractivity contribution < 1.29 is 9.90 Å². The largest absolute Gasteiger partial charge is 0.481 e. The van der Waals surface area contributed by atoms with Crippen LogP contribution >= 0.6 is 0 Å². The summed E-state index contributed by atoms with van der Waals surface area (Å²) in [5.74, 6) is 0.161. The minimum absolute atomic E-state index is 0.00989. The highest BCUT2D eigenvalue weighted by atomic mass is 16.4. The van der Waals surface area contributed by atoms with Crippen LogP contribution in [0.15, 0.2) is 36.5 Å². The Balaban J connectivity index is 1.94. The molecule has 112 valence electrons. The lowest BCUT2D eigenvalue weighted by Crippen LogP contribution is -2.18. The molecule has 21 heavy (non-hydrogen) atoms. The molecule has 0 aliphatic rings. The number of carboxylic acids is 1. The predicted octanol–water partition coefficient (Wildman–Crippen LogP) is 3.93. The zero-order chi connectivity index (χ0) is 15.3. The van der Waals surface area contributed by atoms with Gasteiger partial charge in [-0.3, -0.25) is 4.79 Å². The second kappa shape index (κ2) is 6.57. The van der Waals surface area contributed by atoms with Gasteiger partial charge in [-0.15, -0.1) is 0 Å². The van der Waals surface area contributed by atoms with Gasteiger partial charge in [0.1, 0.15) is 5.82 Å². The van der Waals surface area contributed by atoms with Crippen LogP contribution in [0, 0.1) is 5.41 Å². The van der Waals surface area contributed by atoms with Crippen molar-refractivity contribution in [2.45, 2.75) is 33.1 Å². The van der Waals surface area contributed by atoms with Crippen molar-refractivity contribution in [3.63, 3.8) is 0 Å². The third kappa shape index (κ3) is 4.45. The molecule has 0 saturated heterocycles. The number of pyridine rings is 1. The highest BCUT2D eigenvalue weighted by Crippen LogP contribution is 2.27. The highest BCUT2D eigenvalue weighted by Gasteiger charge is 2.18. The number of carbonyl (C=O) groups is 1. The Labute approximate surface area is 125 Å². The third-order valence-electron chi connectivity index (χ3n) is 3.78. The summed E-state index contributed by atoms with van der Waals surface area (Å²) in [6.45, 7) is 5.00. The zero-order valence-electron chi connectivity index (χ0n) is 12.6. The van der Waals surface area contributed by atoms with E-state index < -0.39 is 5.97 Å². The van der Waals surface area contributed by atoms with Crippen molar-refractivity contribution in [2.75, 3.05) is 11.9 Å². The molecule has 0 fully saturated rings. The molecule has 0 atom stereocenters. The lowest BCUT2D eigenvalue weighted by molar-refractivity contribution is -0.137. The molecule has 1 aromatic heterocycles. The number of nitrogens with one attached hydrogen (secondary N) is 1. The first-order valence-corrected chi connectivity index (χ1v) is 7.27. The molecule has 0 unspecified atom stereocenters. The number of aromatic nitrogens is 1. The Kier molecular flexibility index (Phi) is 4.78. The lowest BCUT2D eigenvalue weighted by Gasteiger charge is -2.24.